The van der Waals surface area contributed by atoms with Crippen molar-refractivity contribution in [2.45, 2.75) is 48.8 Å². The molecule has 176 valence electrons. The summed E-state index contributed by atoms with van der Waals surface area (Å²) in [6.07, 6.45) is -14.3. The van der Waals surface area contributed by atoms with Gasteiger partial charge in [-0.3, -0.25) is 20.2 Å². The van der Waals surface area contributed by atoms with Crippen LogP contribution in [0.15, 0.2) is 0 Å². The van der Waals surface area contributed by atoms with Gasteiger partial charge in [0.05, 0.1) is 13.2 Å². The van der Waals surface area contributed by atoms with E-state index in [4.69, 9.17) is 51.1 Å². The summed E-state index contributed by atoms with van der Waals surface area (Å²) in [4.78, 5) is 18.1. The van der Waals surface area contributed by atoms with Crippen LogP contribution in [0.4, 0.5) is 0 Å². The Bertz CT molecular complexity index is 415. The van der Waals surface area contributed by atoms with Gasteiger partial charge in [-0.15, -0.1) is 0 Å². The van der Waals surface area contributed by atoms with Crippen molar-refractivity contribution in [1.82, 2.24) is 0 Å². The zero-order valence-electron chi connectivity index (χ0n) is 14.9. The number of rotatable bonds is 12. The Morgan fingerprint density at radius 3 is 0.931 bits per heavy atom. The summed E-state index contributed by atoms with van der Waals surface area (Å²) in [6.45, 7) is -3.53. The first-order chi connectivity index (χ1) is 12.8. The average molecular weight is 440 g/mol. The van der Waals surface area contributed by atoms with Crippen molar-refractivity contribution in [2.24, 2.45) is 0 Å². The van der Waals surface area contributed by atoms with E-state index in [-0.39, 0.29) is 5.48 Å². The minimum atomic E-state index is -1.87. The van der Waals surface area contributed by atoms with Crippen LogP contribution in [-0.2, 0) is 0 Å². The standard InChI is InChI=1S/2C6H13NO7.H2O/c2*8-2-4(10)6(12)5(11)3(9)1-7(13)14;/h2*3-6,8-12H,1-2H2;1H2/t2*3-,4-,5+,6+;/m00./s1. The van der Waals surface area contributed by atoms with Gasteiger partial charge in [-0.25, -0.2) is 0 Å². The smallest absolute Gasteiger partial charge is 0.232 e. The molecule has 12 N–H and O–H groups in total. The molecular weight excluding hydrogens is 412 g/mol. The topological polar surface area (TPSA) is 320 Å². The molecule has 0 fully saturated rings. The Morgan fingerprint density at radius 1 is 0.552 bits per heavy atom. The molecule has 0 saturated heterocycles. The van der Waals surface area contributed by atoms with Gasteiger partial charge in [0.25, 0.3) is 0 Å². The van der Waals surface area contributed by atoms with Crippen molar-refractivity contribution < 1.29 is 66.4 Å². The second kappa shape index (κ2) is 16.2. The summed E-state index contributed by atoms with van der Waals surface area (Å²) in [5, 5.41) is 108. The van der Waals surface area contributed by atoms with Crippen molar-refractivity contribution in [3.05, 3.63) is 20.2 Å². The molecule has 0 spiro atoms. The Balaban J connectivity index is -0.000000451. The first-order valence-electron chi connectivity index (χ1n) is 7.69. The van der Waals surface area contributed by atoms with Crippen LogP contribution in [0.3, 0.4) is 0 Å². The Kier molecular flexibility index (Phi) is 17.9. The number of nitrogens with zero attached hydrogens (tertiary/aromatic N) is 2. The highest BCUT2D eigenvalue weighted by Crippen LogP contribution is 2.06. The fourth-order valence-corrected chi connectivity index (χ4v) is 1.65. The van der Waals surface area contributed by atoms with Gasteiger partial charge >= 0.3 is 0 Å². The van der Waals surface area contributed by atoms with Crippen LogP contribution in [0.2, 0.25) is 0 Å². The van der Waals surface area contributed by atoms with Crippen LogP contribution >= 0.6 is 0 Å². The third-order valence-corrected chi connectivity index (χ3v) is 3.32. The van der Waals surface area contributed by atoms with Gasteiger partial charge in [0, 0.05) is 9.85 Å². The van der Waals surface area contributed by atoms with E-state index in [0.29, 0.717) is 0 Å². The molecule has 0 aromatic heterocycles. The molecular formula is C12H28N2O15. The van der Waals surface area contributed by atoms with Crippen molar-refractivity contribution in [3.63, 3.8) is 0 Å². The van der Waals surface area contributed by atoms with E-state index in [0.717, 1.165) is 0 Å². The van der Waals surface area contributed by atoms with Crippen LogP contribution in [-0.4, -0.2) is 142 Å². The Morgan fingerprint density at radius 2 is 0.759 bits per heavy atom. The second-order valence-electron chi connectivity index (χ2n) is 5.63. The molecule has 8 atom stereocenters. The van der Waals surface area contributed by atoms with E-state index in [1.807, 2.05) is 0 Å². The van der Waals surface area contributed by atoms with Crippen molar-refractivity contribution in [3.8, 4) is 0 Å². The average Bonchev–Trinajstić information content (AvgIpc) is 2.63. The van der Waals surface area contributed by atoms with Gasteiger partial charge in [-0.2, -0.15) is 0 Å². The van der Waals surface area contributed by atoms with Gasteiger partial charge in [-0.1, -0.05) is 0 Å². The minimum Gasteiger partial charge on any atom is -0.412 e. The molecule has 29 heavy (non-hydrogen) atoms. The van der Waals surface area contributed by atoms with Gasteiger partial charge in [0.2, 0.25) is 13.1 Å². The fraction of sp³-hybridized carbons (Fsp3) is 1.00. The highest BCUT2D eigenvalue weighted by molar-refractivity contribution is 4.80. The summed E-state index contributed by atoms with van der Waals surface area (Å²) >= 11 is 0. The van der Waals surface area contributed by atoms with Crippen molar-refractivity contribution in [1.29, 1.82) is 0 Å². The summed E-state index contributed by atoms with van der Waals surface area (Å²) in [5.41, 5.74) is 0. The molecule has 0 aromatic rings. The maximum absolute atomic E-state index is 9.92. The molecule has 17 heteroatoms. The molecule has 0 rings (SSSR count). The predicted molar refractivity (Wildman–Crippen MR) is 89.6 cm³/mol. The molecule has 17 nitrogen and oxygen atoms in total. The Labute approximate surface area is 162 Å². The quantitative estimate of drug-likeness (QED) is 0.0995. The van der Waals surface area contributed by atoms with Gasteiger partial charge in [0.15, 0.2) is 0 Å². The van der Waals surface area contributed by atoms with E-state index in [1.165, 1.54) is 0 Å². The number of aliphatic hydroxyl groups is 10. The maximum atomic E-state index is 9.92. The fourth-order valence-electron chi connectivity index (χ4n) is 1.65. The number of nitro groups is 2. The van der Waals surface area contributed by atoms with E-state index in [1.54, 1.807) is 0 Å². The van der Waals surface area contributed by atoms with Crippen LogP contribution in [0.5, 0.6) is 0 Å². The zero-order valence-corrected chi connectivity index (χ0v) is 14.9. The lowest BCUT2D eigenvalue weighted by molar-refractivity contribution is -0.493. The SMILES string of the molecule is O.O=[N+]([O-])C[C@H](O)[C@@H](O)[C@H](O)[C@@H](O)CO.O=[N+]([O-])C[C@H](O)[C@@H](O)[C@H](O)[C@@H](O)CO. The largest absolute Gasteiger partial charge is 0.412 e. The molecule has 0 unspecified atom stereocenters. The Hall–Kier alpha value is -1.64. The minimum absolute atomic E-state index is 0. The van der Waals surface area contributed by atoms with E-state index < -0.39 is 85.0 Å². The predicted octanol–water partition coefficient (Wildman–Crippen LogP) is -7.43. The van der Waals surface area contributed by atoms with Crippen molar-refractivity contribution >= 4 is 0 Å². The highest BCUT2D eigenvalue weighted by Gasteiger charge is 2.33. The van der Waals surface area contributed by atoms with Crippen LogP contribution in [0, 0.1) is 20.2 Å². The van der Waals surface area contributed by atoms with E-state index in [2.05, 4.69) is 0 Å². The number of hydrogen-bond acceptors (Lipinski definition) is 14. The normalized spacial score (nSPS) is 19.1. The van der Waals surface area contributed by atoms with Gasteiger partial charge < -0.3 is 56.5 Å². The van der Waals surface area contributed by atoms with Gasteiger partial charge in [-0.05, 0) is 0 Å². The zero-order chi connectivity index (χ0) is 22.6. The third kappa shape index (κ3) is 13.2. The van der Waals surface area contributed by atoms with Crippen LogP contribution in [0.25, 0.3) is 0 Å². The first-order valence-corrected chi connectivity index (χ1v) is 7.69. The molecule has 0 saturated carbocycles. The van der Waals surface area contributed by atoms with E-state index >= 15 is 0 Å². The molecule has 0 bridgehead atoms. The van der Waals surface area contributed by atoms with Crippen molar-refractivity contribution in [2.75, 3.05) is 26.3 Å². The summed E-state index contributed by atoms with van der Waals surface area (Å²) in [7, 11) is 0. The maximum Gasteiger partial charge on any atom is 0.232 e. The molecule has 0 heterocycles. The third-order valence-electron chi connectivity index (χ3n) is 3.32. The van der Waals surface area contributed by atoms with Crippen LogP contribution in [0.1, 0.15) is 0 Å². The number of hydrogen-bond donors (Lipinski definition) is 10. The lowest BCUT2D eigenvalue weighted by Crippen LogP contribution is -2.47. The molecule has 0 amide bonds. The first kappa shape index (κ1) is 32.0. The molecule has 0 aliphatic carbocycles. The lowest BCUT2D eigenvalue weighted by atomic mass is 10.0. The van der Waals surface area contributed by atoms with E-state index in [9.17, 15) is 20.2 Å². The monoisotopic (exact) mass is 440 g/mol. The lowest BCUT2D eigenvalue weighted by Gasteiger charge is -2.23. The molecule has 0 aliphatic rings. The van der Waals surface area contributed by atoms with Crippen LogP contribution < -0.4 is 0 Å². The van der Waals surface area contributed by atoms with Gasteiger partial charge in [0.1, 0.15) is 48.8 Å². The molecule has 0 radical (unpaired) electrons. The highest BCUT2D eigenvalue weighted by atomic mass is 16.6. The summed E-state index contributed by atoms with van der Waals surface area (Å²) < 4.78 is 0. The summed E-state index contributed by atoms with van der Waals surface area (Å²) in [5.74, 6) is 0. The molecule has 0 aliphatic heterocycles. The second-order valence-corrected chi connectivity index (χ2v) is 5.63. The summed E-state index contributed by atoms with van der Waals surface area (Å²) in [6, 6.07) is 0. The molecule has 0 aromatic carbocycles. The number of aliphatic hydroxyl groups excluding tert-OH is 10.